The molecule has 1 fully saturated rings. The number of carbonyl (C=O) groups excluding carboxylic acids is 1. The zero-order valence-electron chi connectivity index (χ0n) is 21.5. The fourth-order valence-electron chi connectivity index (χ4n) is 5.98. The standard InChI is InChI=1S/C28H38N6O/c1-18-12-23(15-33(14-18)16-24-19(2)6-5-7-20(24)3)30-28(35)34-11-9-26-25(17-34)27(32-31-26)22-8-10-29-21(4)13-22/h5-7,10,13,18,22-23H,8-9,11-12,14-17H2,1-4H3,(H,30,35)(H,31,32). The van der Waals surface area contributed by atoms with Gasteiger partial charge in [0, 0.05) is 67.7 Å². The molecule has 0 saturated carbocycles. The molecule has 1 aromatic carbocycles. The first-order valence-electron chi connectivity index (χ1n) is 13.0. The predicted molar refractivity (Wildman–Crippen MR) is 140 cm³/mol. The van der Waals surface area contributed by atoms with E-state index >= 15 is 0 Å². The van der Waals surface area contributed by atoms with Crippen molar-refractivity contribution in [2.45, 2.75) is 72.0 Å². The first-order chi connectivity index (χ1) is 16.9. The summed E-state index contributed by atoms with van der Waals surface area (Å²) in [5.41, 5.74) is 8.55. The van der Waals surface area contributed by atoms with Crippen LogP contribution in [0.2, 0.25) is 0 Å². The number of amides is 2. The molecular weight excluding hydrogens is 436 g/mol. The van der Waals surface area contributed by atoms with Crippen LogP contribution in [0.25, 0.3) is 0 Å². The lowest BCUT2D eigenvalue weighted by Gasteiger charge is -2.38. The van der Waals surface area contributed by atoms with Crippen LogP contribution < -0.4 is 5.32 Å². The Morgan fingerprint density at radius 3 is 2.77 bits per heavy atom. The quantitative estimate of drug-likeness (QED) is 0.687. The average Bonchev–Trinajstić information content (AvgIpc) is 3.24. The van der Waals surface area contributed by atoms with Crippen LogP contribution in [0.15, 0.2) is 35.0 Å². The van der Waals surface area contributed by atoms with Crippen molar-refractivity contribution in [2.75, 3.05) is 19.6 Å². The molecule has 1 aromatic heterocycles. The minimum absolute atomic E-state index is 0.0471. The summed E-state index contributed by atoms with van der Waals surface area (Å²) < 4.78 is 0. The van der Waals surface area contributed by atoms with E-state index in [4.69, 9.17) is 0 Å². The Morgan fingerprint density at radius 2 is 2.00 bits per heavy atom. The molecular formula is C28H38N6O. The van der Waals surface area contributed by atoms with E-state index in [0.717, 1.165) is 56.8 Å². The van der Waals surface area contributed by atoms with Crippen molar-refractivity contribution in [1.82, 2.24) is 25.3 Å². The molecule has 2 aromatic rings. The maximum absolute atomic E-state index is 13.4. The number of hydrogen-bond acceptors (Lipinski definition) is 4. The van der Waals surface area contributed by atoms with Gasteiger partial charge >= 0.3 is 6.03 Å². The van der Waals surface area contributed by atoms with E-state index < -0.39 is 0 Å². The molecule has 0 aliphatic carbocycles. The summed E-state index contributed by atoms with van der Waals surface area (Å²) in [6.45, 7) is 13.0. The van der Waals surface area contributed by atoms with Gasteiger partial charge in [-0.3, -0.25) is 15.0 Å². The van der Waals surface area contributed by atoms with E-state index in [1.807, 2.05) is 18.0 Å². The number of nitrogens with zero attached hydrogens (tertiary/aromatic N) is 4. The second-order valence-corrected chi connectivity index (χ2v) is 10.8. The fraction of sp³-hybridized carbons (Fsp3) is 0.536. The highest BCUT2D eigenvalue weighted by Crippen LogP contribution is 2.31. The van der Waals surface area contributed by atoms with Gasteiger partial charge in [0.2, 0.25) is 0 Å². The summed E-state index contributed by atoms with van der Waals surface area (Å²) in [5, 5.41) is 11.3. The monoisotopic (exact) mass is 474 g/mol. The number of urea groups is 1. The number of fused-ring (bicyclic) bond motifs is 1. The maximum Gasteiger partial charge on any atom is 0.317 e. The first kappa shape index (κ1) is 23.8. The lowest BCUT2D eigenvalue weighted by Crippen LogP contribution is -2.53. The molecule has 0 spiro atoms. The molecule has 3 unspecified atom stereocenters. The van der Waals surface area contributed by atoms with Gasteiger partial charge in [-0.05, 0) is 56.2 Å². The number of H-pyrrole nitrogens is 1. The summed E-state index contributed by atoms with van der Waals surface area (Å²) >= 11 is 0. The van der Waals surface area contributed by atoms with Gasteiger partial charge in [-0.1, -0.05) is 31.2 Å². The van der Waals surface area contributed by atoms with Crippen molar-refractivity contribution in [3.8, 4) is 0 Å². The van der Waals surface area contributed by atoms with Gasteiger partial charge in [0.05, 0.1) is 12.2 Å². The van der Waals surface area contributed by atoms with E-state index in [1.165, 1.54) is 27.9 Å². The number of rotatable bonds is 4. The van der Waals surface area contributed by atoms with Crippen molar-refractivity contribution in [3.05, 3.63) is 63.6 Å². The van der Waals surface area contributed by atoms with E-state index in [-0.39, 0.29) is 18.0 Å². The highest BCUT2D eigenvalue weighted by atomic mass is 16.2. The van der Waals surface area contributed by atoms with Crippen LogP contribution in [0.4, 0.5) is 4.79 Å². The Balaban J connectivity index is 1.23. The molecule has 2 amide bonds. The molecule has 3 aliphatic heterocycles. The number of likely N-dealkylation sites (tertiary alicyclic amines) is 1. The Bertz CT molecular complexity index is 1130. The third-order valence-electron chi connectivity index (χ3n) is 7.79. The van der Waals surface area contributed by atoms with Crippen LogP contribution in [0.3, 0.4) is 0 Å². The molecule has 2 N–H and O–H groups in total. The first-order valence-corrected chi connectivity index (χ1v) is 13.0. The van der Waals surface area contributed by atoms with Gasteiger partial charge in [0.25, 0.3) is 0 Å². The number of aromatic amines is 1. The zero-order valence-corrected chi connectivity index (χ0v) is 21.5. The number of allylic oxidation sites excluding steroid dienone is 2. The van der Waals surface area contributed by atoms with E-state index in [2.05, 4.69) is 70.5 Å². The zero-order chi connectivity index (χ0) is 24.5. The molecule has 35 heavy (non-hydrogen) atoms. The third kappa shape index (κ3) is 5.20. The van der Waals surface area contributed by atoms with Crippen LogP contribution in [-0.2, 0) is 19.5 Å². The molecule has 0 radical (unpaired) electrons. The summed E-state index contributed by atoms with van der Waals surface area (Å²) in [6, 6.07) is 6.74. The summed E-state index contributed by atoms with van der Waals surface area (Å²) in [4.78, 5) is 22.2. The number of carbonyl (C=O) groups is 1. The lowest BCUT2D eigenvalue weighted by atomic mass is 9.93. The van der Waals surface area contributed by atoms with Crippen molar-refractivity contribution < 1.29 is 4.79 Å². The van der Waals surface area contributed by atoms with Crippen molar-refractivity contribution in [2.24, 2.45) is 10.9 Å². The normalized spacial score (nSPS) is 24.7. The van der Waals surface area contributed by atoms with Gasteiger partial charge in [-0.2, -0.15) is 5.10 Å². The second kappa shape index (κ2) is 9.97. The number of piperidine rings is 1. The summed E-state index contributed by atoms with van der Waals surface area (Å²) in [5.74, 6) is 0.781. The van der Waals surface area contributed by atoms with Gasteiger partial charge < -0.3 is 10.2 Å². The highest BCUT2D eigenvalue weighted by Gasteiger charge is 2.31. The predicted octanol–water partition coefficient (Wildman–Crippen LogP) is 4.47. The Kier molecular flexibility index (Phi) is 6.78. The van der Waals surface area contributed by atoms with Crippen LogP contribution in [0.1, 0.15) is 66.2 Å². The summed E-state index contributed by atoms with van der Waals surface area (Å²) in [6.07, 6.45) is 6.86. The number of aryl methyl sites for hydroxylation is 2. The maximum atomic E-state index is 13.4. The molecule has 7 nitrogen and oxygen atoms in total. The topological polar surface area (TPSA) is 76.6 Å². The van der Waals surface area contributed by atoms with E-state index in [9.17, 15) is 4.79 Å². The molecule has 1 saturated heterocycles. The van der Waals surface area contributed by atoms with Crippen molar-refractivity contribution >= 4 is 12.2 Å². The SMILES string of the molecule is CC1=CC(c2n[nH]c3c2CN(C(=O)NC2CC(C)CN(Cc4c(C)cccc4C)C2)CC3)CC=N1. The summed E-state index contributed by atoms with van der Waals surface area (Å²) in [7, 11) is 0. The minimum Gasteiger partial charge on any atom is -0.334 e. The highest BCUT2D eigenvalue weighted by molar-refractivity contribution is 5.75. The molecule has 5 rings (SSSR count). The van der Waals surface area contributed by atoms with Crippen LogP contribution in [0.5, 0.6) is 0 Å². The lowest BCUT2D eigenvalue weighted by molar-refractivity contribution is 0.134. The number of benzene rings is 1. The smallest absolute Gasteiger partial charge is 0.317 e. The number of hydrogen-bond donors (Lipinski definition) is 2. The molecule has 3 atom stereocenters. The Labute approximate surface area is 208 Å². The fourth-order valence-corrected chi connectivity index (χ4v) is 5.98. The van der Waals surface area contributed by atoms with Crippen LogP contribution >= 0.6 is 0 Å². The van der Waals surface area contributed by atoms with Crippen LogP contribution in [-0.4, -0.2) is 57.9 Å². The molecule has 186 valence electrons. The average molecular weight is 475 g/mol. The molecule has 4 heterocycles. The third-order valence-corrected chi connectivity index (χ3v) is 7.79. The van der Waals surface area contributed by atoms with Gasteiger partial charge in [0.15, 0.2) is 0 Å². The number of nitrogens with one attached hydrogen (secondary N) is 2. The molecule has 0 bridgehead atoms. The van der Waals surface area contributed by atoms with Crippen molar-refractivity contribution in [3.63, 3.8) is 0 Å². The van der Waals surface area contributed by atoms with Gasteiger partial charge in [-0.15, -0.1) is 0 Å². The van der Waals surface area contributed by atoms with E-state index in [0.29, 0.717) is 12.5 Å². The Morgan fingerprint density at radius 1 is 1.20 bits per heavy atom. The molecule has 7 heteroatoms. The minimum atomic E-state index is 0.0471. The van der Waals surface area contributed by atoms with Gasteiger partial charge in [0.1, 0.15) is 0 Å². The van der Waals surface area contributed by atoms with Gasteiger partial charge in [-0.25, -0.2) is 4.79 Å². The Hall–Kier alpha value is -2.93. The second-order valence-electron chi connectivity index (χ2n) is 10.8. The number of aromatic nitrogens is 2. The van der Waals surface area contributed by atoms with Crippen LogP contribution in [0, 0.1) is 19.8 Å². The molecule has 3 aliphatic rings. The van der Waals surface area contributed by atoms with Crippen molar-refractivity contribution in [1.29, 1.82) is 0 Å². The van der Waals surface area contributed by atoms with E-state index in [1.54, 1.807) is 0 Å². The largest absolute Gasteiger partial charge is 0.334 e. The number of aliphatic imine (C=N–C) groups is 1.